The van der Waals surface area contributed by atoms with E-state index in [2.05, 4.69) is 37.1 Å². The Kier molecular flexibility index (Phi) is 8.18. The number of nitriles is 1. The smallest absolute Gasteiger partial charge is 0.106 e. The van der Waals surface area contributed by atoms with Gasteiger partial charge in [-0.3, -0.25) is 5.32 Å². The zero-order valence-corrected chi connectivity index (χ0v) is 13.7. The Balaban J connectivity index is 2.34. The molecule has 0 saturated heterocycles. The summed E-state index contributed by atoms with van der Waals surface area (Å²) < 4.78 is 0. The van der Waals surface area contributed by atoms with Gasteiger partial charge in [-0.2, -0.15) is 5.26 Å². The standard InChI is InChI=1S/C17H33N3/c1-4-11-19-17(6-3,15-18)10-7-13-20(12-5-2)14-16-8-9-16/h16,19H,4-14H2,1-3H3. The second kappa shape index (κ2) is 9.37. The van der Waals surface area contributed by atoms with E-state index in [0.29, 0.717) is 0 Å². The maximum atomic E-state index is 9.50. The molecule has 1 saturated carbocycles. The molecule has 0 bridgehead atoms. The first kappa shape index (κ1) is 17.5. The normalized spacial score (nSPS) is 17.9. The summed E-state index contributed by atoms with van der Waals surface area (Å²) in [5, 5.41) is 13.0. The van der Waals surface area contributed by atoms with E-state index in [1.54, 1.807) is 0 Å². The maximum Gasteiger partial charge on any atom is 0.106 e. The molecule has 0 radical (unpaired) electrons. The van der Waals surface area contributed by atoms with Gasteiger partial charge in [0.25, 0.3) is 0 Å². The minimum Gasteiger partial charge on any atom is -0.303 e. The molecule has 20 heavy (non-hydrogen) atoms. The van der Waals surface area contributed by atoms with Crippen LogP contribution in [0.1, 0.15) is 65.7 Å². The number of hydrogen-bond donors (Lipinski definition) is 1. The van der Waals surface area contributed by atoms with Crippen molar-refractivity contribution in [1.82, 2.24) is 10.2 Å². The average molecular weight is 279 g/mol. The molecule has 0 spiro atoms. The Morgan fingerprint density at radius 3 is 2.45 bits per heavy atom. The fraction of sp³-hybridized carbons (Fsp3) is 0.941. The summed E-state index contributed by atoms with van der Waals surface area (Å²) in [4.78, 5) is 2.61. The lowest BCUT2D eigenvalue weighted by molar-refractivity contribution is 0.244. The molecule has 1 unspecified atom stereocenters. The quantitative estimate of drug-likeness (QED) is 0.593. The minimum atomic E-state index is -0.298. The molecular formula is C17H33N3. The third kappa shape index (κ3) is 6.24. The van der Waals surface area contributed by atoms with Gasteiger partial charge in [-0.1, -0.05) is 20.8 Å². The average Bonchev–Trinajstić information content (AvgIpc) is 3.27. The van der Waals surface area contributed by atoms with Crippen molar-refractivity contribution in [2.45, 2.75) is 71.3 Å². The van der Waals surface area contributed by atoms with Gasteiger partial charge in [0.2, 0.25) is 0 Å². The van der Waals surface area contributed by atoms with Crippen molar-refractivity contribution in [3.8, 4) is 6.07 Å². The van der Waals surface area contributed by atoms with E-state index in [-0.39, 0.29) is 5.54 Å². The Labute approximate surface area is 125 Å². The first-order chi connectivity index (χ1) is 9.69. The van der Waals surface area contributed by atoms with Crippen LogP contribution in [0, 0.1) is 17.2 Å². The van der Waals surface area contributed by atoms with Crippen LogP contribution < -0.4 is 5.32 Å². The molecular weight excluding hydrogens is 246 g/mol. The molecule has 1 N–H and O–H groups in total. The second-order valence-corrected chi connectivity index (χ2v) is 6.32. The predicted octanol–water partition coefficient (Wildman–Crippen LogP) is 3.56. The van der Waals surface area contributed by atoms with Crippen molar-refractivity contribution in [3.05, 3.63) is 0 Å². The Hall–Kier alpha value is -0.590. The van der Waals surface area contributed by atoms with E-state index in [1.807, 2.05) is 0 Å². The zero-order valence-electron chi connectivity index (χ0n) is 13.7. The molecule has 1 atom stereocenters. The third-order valence-electron chi connectivity index (χ3n) is 4.36. The van der Waals surface area contributed by atoms with Crippen LogP contribution >= 0.6 is 0 Å². The van der Waals surface area contributed by atoms with Crippen molar-refractivity contribution >= 4 is 0 Å². The van der Waals surface area contributed by atoms with E-state index in [0.717, 1.165) is 44.7 Å². The van der Waals surface area contributed by atoms with Crippen LogP contribution in [0.4, 0.5) is 0 Å². The van der Waals surface area contributed by atoms with E-state index in [4.69, 9.17) is 0 Å². The van der Waals surface area contributed by atoms with Crippen LogP contribution in [0.2, 0.25) is 0 Å². The van der Waals surface area contributed by atoms with Gasteiger partial charge in [-0.25, -0.2) is 0 Å². The van der Waals surface area contributed by atoms with Gasteiger partial charge in [0.1, 0.15) is 5.54 Å². The van der Waals surface area contributed by atoms with E-state index in [9.17, 15) is 5.26 Å². The SMILES string of the molecule is CCCNC(C#N)(CC)CCCN(CCC)CC1CC1. The largest absolute Gasteiger partial charge is 0.303 e. The summed E-state index contributed by atoms with van der Waals surface area (Å²) in [6.07, 6.45) is 8.19. The lowest BCUT2D eigenvalue weighted by Gasteiger charge is -2.28. The highest BCUT2D eigenvalue weighted by Gasteiger charge is 2.27. The van der Waals surface area contributed by atoms with Crippen LogP contribution in [0.5, 0.6) is 0 Å². The minimum absolute atomic E-state index is 0.298. The predicted molar refractivity (Wildman–Crippen MR) is 85.6 cm³/mol. The summed E-state index contributed by atoms with van der Waals surface area (Å²) in [6, 6.07) is 2.53. The summed E-state index contributed by atoms with van der Waals surface area (Å²) >= 11 is 0. The van der Waals surface area contributed by atoms with Crippen molar-refractivity contribution in [3.63, 3.8) is 0 Å². The van der Waals surface area contributed by atoms with Gasteiger partial charge in [0.15, 0.2) is 0 Å². The maximum absolute atomic E-state index is 9.50. The highest BCUT2D eigenvalue weighted by Crippen LogP contribution is 2.30. The van der Waals surface area contributed by atoms with Crippen molar-refractivity contribution < 1.29 is 0 Å². The molecule has 0 aromatic heterocycles. The molecule has 1 aliphatic rings. The Bertz CT molecular complexity index is 293. The van der Waals surface area contributed by atoms with Gasteiger partial charge in [0, 0.05) is 6.54 Å². The van der Waals surface area contributed by atoms with Gasteiger partial charge < -0.3 is 4.90 Å². The van der Waals surface area contributed by atoms with Crippen molar-refractivity contribution in [2.75, 3.05) is 26.2 Å². The van der Waals surface area contributed by atoms with Crippen LogP contribution in [0.3, 0.4) is 0 Å². The molecule has 0 aromatic carbocycles. The monoisotopic (exact) mass is 279 g/mol. The first-order valence-corrected chi connectivity index (χ1v) is 8.58. The summed E-state index contributed by atoms with van der Waals surface area (Å²) in [7, 11) is 0. The molecule has 0 aliphatic heterocycles. The van der Waals surface area contributed by atoms with Crippen molar-refractivity contribution in [1.29, 1.82) is 5.26 Å². The molecule has 3 heteroatoms. The second-order valence-electron chi connectivity index (χ2n) is 6.32. The number of nitrogens with one attached hydrogen (secondary N) is 1. The molecule has 0 amide bonds. The first-order valence-electron chi connectivity index (χ1n) is 8.58. The summed E-state index contributed by atoms with van der Waals surface area (Å²) in [5.74, 6) is 0.965. The van der Waals surface area contributed by atoms with Gasteiger partial charge >= 0.3 is 0 Å². The highest BCUT2D eigenvalue weighted by atomic mass is 15.1. The number of rotatable bonds is 12. The molecule has 0 aromatic rings. The summed E-state index contributed by atoms with van der Waals surface area (Å²) in [5.41, 5.74) is -0.298. The molecule has 1 fully saturated rings. The zero-order chi connectivity index (χ0) is 14.8. The third-order valence-corrected chi connectivity index (χ3v) is 4.36. The van der Waals surface area contributed by atoms with Crippen LogP contribution in [0.15, 0.2) is 0 Å². The molecule has 3 nitrogen and oxygen atoms in total. The Morgan fingerprint density at radius 1 is 1.20 bits per heavy atom. The van der Waals surface area contributed by atoms with Crippen LogP contribution in [0.25, 0.3) is 0 Å². The van der Waals surface area contributed by atoms with Crippen LogP contribution in [-0.2, 0) is 0 Å². The van der Waals surface area contributed by atoms with Gasteiger partial charge in [-0.05, 0) is 70.5 Å². The number of hydrogen-bond acceptors (Lipinski definition) is 3. The lowest BCUT2D eigenvalue weighted by Crippen LogP contribution is -2.44. The van der Waals surface area contributed by atoms with E-state index >= 15 is 0 Å². The molecule has 1 rings (SSSR count). The fourth-order valence-electron chi connectivity index (χ4n) is 2.81. The number of nitrogens with zero attached hydrogens (tertiary/aromatic N) is 2. The van der Waals surface area contributed by atoms with Gasteiger partial charge in [0.05, 0.1) is 6.07 Å². The van der Waals surface area contributed by atoms with E-state index in [1.165, 1.54) is 32.4 Å². The lowest BCUT2D eigenvalue weighted by atomic mass is 9.91. The Morgan fingerprint density at radius 2 is 1.95 bits per heavy atom. The molecule has 116 valence electrons. The van der Waals surface area contributed by atoms with Gasteiger partial charge in [-0.15, -0.1) is 0 Å². The molecule has 0 heterocycles. The van der Waals surface area contributed by atoms with E-state index < -0.39 is 0 Å². The fourth-order valence-corrected chi connectivity index (χ4v) is 2.81. The molecule has 1 aliphatic carbocycles. The highest BCUT2D eigenvalue weighted by molar-refractivity contribution is 5.06. The summed E-state index contributed by atoms with van der Waals surface area (Å²) in [6.45, 7) is 11.1. The van der Waals surface area contributed by atoms with Crippen LogP contribution in [-0.4, -0.2) is 36.6 Å². The topological polar surface area (TPSA) is 39.1 Å². The van der Waals surface area contributed by atoms with Crippen molar-refractivity contribution in [2.24, 2.45) is 5.92 Å².